The molecule has 0 fully saturated rings. The second-order valence-electron chi connectivity index (χ2n) is 6.18. The van der Waals surface area contributed by atoms with E-state index in [9.17, 15) is 40.6 Å². The van der Waals surface area contributed by atoms with E-state index in [4.69, 9.17) is 0 Å². The lowest BCUT2D eigenvalue weighted by Gasteiger charge is -2.28. The van der Waals surface area contributed by atoms with E-state index in [0.29, 0.717) is 17.2 Å². The van der Waals surface area contributed by atoms with Crippen LogP contribution in [0.3, 0.4) is 0 Å². The summed E-state index contributed by atoms with van der Waals surface area (Å²) in [6, 6.07) is 0. The van der Waals surface area contributed by atoms with Gasteiger partial charge in [-0.2, -0.15) is 30.7 Å². The second kappa shape index (κ2) is 8.23. The lowest BCUT2D eigenvalue weighted by Crippen LogP contribution is -2.53. The molecule has 0 atom stereocenters. The number of esters is 1. The summed E-state index contributed by atoms with van der Waals surface area (Å²) in [6.45, 7) is 1.08. The second-order valence-corrected chi connectivity index (χ2v) is 6.18. The van der Waals surface area contributed by atoms with Gasteiger partial charge in [0.1, 0.15) is 5.57 Å². The number of likely N-dealkylation sites (N-methyl/N-ethyl adjacent to an activating group) is 1. The standard InChI is InChI=1S/C14H19F7N2O3/c1-5-26-11(25)9(8-22-6-7-23(2,3)4)10(24)12(15,16)13(17,18)14(19,20)21/h8H,5-7H2,1-4H3/p+1. The van der Waals surface area contributed by atoms with Crippen LogP contribution >= 0.6 is 0 Å². The lowest BCUT2D eigenvalue weighted by atomic mass is 10.1. The van der Waals surface area contributed by atoms with E-state index in [0.717, 1.165) is 0 Å². The molecule has 0 amide bonds. The van der Waals surface area contributed by atoms with Crippen LogP contribution in [0.5, 0.6) is 0 Å². The number of ether oxygens (including phenoxy) is 1. The maximum atomic E-state index is 13.6. The quantitative estimate of drug-likeness (QED) is 0.171. The molecular weight excluding hydrogens is 377 g/mol. The van der Waals surface area contributed by atoms with Crippen LogP contribution in [-0.4, -0.2) is 80.6 Å². The first-order chi connectivity index (χ1) is 11.5. The van der Waals surface area contributed by atoms with Crippen molar-refractivity contribution >= 4 is 12.2 Å². The van der Waals surface area contributed by atoms with Gasteiger partial charge >= 0.3 is 24.0 Å². The molecule has 0 aromatic rings. The minimum Gasteiger partial charge on any atom is -0.505 e. The molecule has 152 valence electrons. The summed E-state index contributed by atoms with van der Waals surface area (Å²) in [5.74, 6) is -17.2. The molecule has 0 aliphatic carbocycles. The van der Waals surface area contributed by atoms with Crippen LogP contribution in [0.25, 0.3) is 0 Å². The van der Waals surface area contributed by atoms with Crippen LogP contribution in [0.1, 0.15) is 6.92 Å². The fourth-order valence-corrected chi connectivity index (χ4v) is 1.43. The molecule has 0 bridgehead atoms. The van der Waals surface area contributed by atoms with Crippen LogP contribution in [0.2, 0.25) is 0 Å². The van der Waals surface area contributed by atoms with E-state index in [2.05, 4.69) is 9.73 Å². The number of hydrogen-bond donors (Lipinski definition) is 1. The van der Waals surface area contributed by atoms with Crippen molar-refractivity contribution in [3.8, 4) is 0 Å². The monoisotopic (exact) mass is 397 g/mol. The summed E-state index contributed by atoms with van der Waals surface area (Å²) in [5, 5.41) is 9.35. The van der Waals surface area contributed by atoms with Crippen molar-refractivity contribution in [2.75, 3.05) is 40.8 Å². The Hall–Kier alpha value is -1.85. The first kappa shape index (κ1) is 24.1. The maximum Gasteiger partial charge on any atom is 0.460 e. The Kier molecular flexibility index (Phi) is 7.64. The zero-order valence-corrected chi connectivity index (χ0v) is 14.5. The van der Waals surface area contributed by atoms with Crippen molar-refractivity contribution in [3.63, 3.8) is 0 Å². The Morgan fingerprint density at radius 1 is 1.12 bits per heavy atom. The number of nitrogens with zero attached hydrogens (tertiary/aromatic N) is 2. The molecule has 0 aliphatic rings. The van der Waals surface area contributed by atoms with Crippen molar-refractivity contribution in [3.05, 3.63) is 11.3 Å². The topological polar surface area (TPSA) is 58.9 Å². The van der Waals surface area contributed by atoms with Gasteiger partial charge in [0.05, 0.1) is 40.8 Å². The van der Waals surface area contributed by atoms with E-state index in [-0.39, 0.29) is 6.54 Å². The van der Waals surface area contributed by atoms with Crippen molar-refractivity contribution in [1.29, 1.82) is 0 Å². The van der Waals surface area contributed by atoms with Crippen molar-refractivity contribution in [2.24, 2.45) is 4.99 Å². The summed E-state index contributed by atoms with van der Waals surface area (Å²) in [5.41, 5.74) is -1.58. The number of aliphatic hydroxyl groups excluding tert-OH is 1. The molecule has 1 N–H and O–H groups in total. The Morgan fingerprint density at radius 2 is 1.62 bits per heavy atom. The van der Waals surface area contributed by atoms with Gasteiger partial charge in [-0.3, -0.25) is 4.99 Å². The predicted molar refractivity (Wildman–Crippen MR) is 78.5 cm³/mol. The third-order valence-electron chi connectivity index (χ3n) is 2.92. The highest BCUT2D eigenvalue weighted by molar-refractivity contribution is 6.10. The Balaban J connectivity index is 5.98. The Morgan fingerprint density at radius 3 is 2.00 bits per heavy atom. The number of alkyl halides is 7. The number of halogens is 7. The van der Waals surface area contributed by atoms with Crippen LogP contribution in [-0.2, 0) is 9.53 Å². The van der Waals surface area contributed by atoms with Gasteiger partial charge in [-0.1, -0.05) is 0 Å². The molecule has 0 saturated heterocycles. The fraction of sp³-hybridized carbons (Fsp3) is 0.714. The van der Waals surface area contributed by atoms with Crippen molar-refractivity contribution < 1.29 is 49.9 Å². The molecule has 0 aromatic heterocycles. The van der Waals surface area contributed by atoms with Crippen LogP contribution in [0, 0.1) is 0 Å². The highest BCUT2D eigenvalue weighted by Gasteiger charge is 2.75. The summed E-state index contributed by atoms with van der Waals surface area (Å²) in [6.07, 6.45) is -6.37. The molecule has 0 heterocycles. The third kappa shape index (κ3) is 5.85. The van der Waals surface area contributed by atoms with E-state index in [1.165, 1.54) is 6.92 Å². The van der Waals surface area contributed by atoms with Gasteiger partial charge in [0.2, 0.25) is 0 Å². The van der Waals surface area contributed by atoms with Crippen LogP contribution in [0.4, 0.5) is 30.7 Å². The summed E-state index contributed by atoms with van der Waals surface area (Å²) < 4.78 is 94.6. The molecule has 0 spiro atoms. The van der Waals surface area contributed by atoms with Gasteiger partial charge in [-0.15, -0.1) is 0 Å². The van der Waals surface area contributed by atoms with Crippen LogP contribution < -0.4 is 0 Å². The minimum absolute atomic E-state index is 0.0824. The molecule has 0 radical (unpaired) electrons. The van der Waals surface area contributed by atoms with E-state index >= 15 is 0 Å². The predicted octanol–water partition coefficient (Wildman–Crippen LogP) is 2.97. The normalized spacial score (nSPS) is 15.2. The lowest BCUT2D eigenvalue weighted by molar-refractivity contribution is -0.868. The van der Waals surface area contributed by atoms with E-state index in [1.54, 1.807) is 21.1 Å². The molecule has 5 nitrogen and oxygen atoms in total. The SMILES string of the molecule is CCOC(=O)/C(C=NCC[N+](C)(C)C)=C(\O)C(F)(F)C(F)(F)C(F)(F)F. The summed E-state index contributed by atoms with van der Waals surface area (Å²) in [4.78, 5) is 15.1. The highest BCUT2D eigenvalue weighted by Crippen LogP contribution is 2.49. The molecular formula is C14H20F7N2O3+. The van der Waals surface area contributed by atoms with Crippen LogP contribution in [0.15, 0.2) is 16.3 Å². The van der Waals surface area contributed by atoms with Gasteiger partial charge < -0.3 is 14.3 Å². The molecule has 26 heavy (non-hydrogen) atoms. The number of hydrogen-bond acceptors (Lipinski definition) is 4. The first-order valence-electron chi connectivity index (χ1n) is 7.22. The maximum absolute atomic E-state index is 13.6. The average Bonchev–Trinajstić information content (AvgIpc) is 2.44. The van der Waals surface area contributed by atoms with E-state index < -0.39 is 41.9 Å². The number of carbonyl (C=O) groups excluding carboxylic acids is 1. The van der Waals surface area contributed by atoms with E-state index in [1.807, 2.05) is 0 Å². The fourth-order valence-electron chi connectivity index (χ4n) is 1.43. The number of allylic oxidation sites excluding steroid dienone is 1. The average molecular weight is 397 g/mol. The Bertz CT molecular complexity index is 564. The zero-order valence-electron chi connectivity index (χ0n) is 14.5. The zero-order chi connectivity index (χ0) is 21.0. The molecule has 0 aromatic carbocycles. The molecule has 0 unspecified atom stereocenters. The van der Waals surface area contributed by atoms with Gasteiger partial charge in [0.25, 0.3) is 0 Å². The van der Waals surface area contributed by atoms with Crippen molar-refractivity contribution in [2.45, 2.75) is 24.9 Å². The summed E-state index contributed by atoms with van der Waals surface area (Å²) >= 11 is 0. The molecule has 0 aliphatic heterocycles. The van der Waals surface area contributed by atoms with Gasteiger partial charge in [-0.05, 0) is 6.92 Å². The largest absolute Gasteiger partial charge is 0.505 e. The molecule has 0 rings (SSSR count). The van der Waals surface area contributed by atoms with Gasteiger partial charge in [-0.25, -0.2) is 4.79 Å². The smallest absolute Gasteiger partial charge is 0.460 e. The number of aliphatic imine (C=N–C) groups is 1. The number of rotatable bonds is 8. The highest BCUT2D eigenvalue weighted by atomic mass is 19.4. The number of aliphatic hydroxyl groups is 1. The first-order valence-corrected chi connectivity index (χ1v) is 7.22. The number of quaternary nitrogens is 1. The van der Waals surface area contributed by atoms with Gasteiger partial charge in [0.15, 0.2) is 5.76 Å². The summed E-state index contributed by atoms with van der Waals surface area (Å²) in [7, 11) is 5.23. The molecule has 0 saturated carbocycles. The third-order valence-corrected chi connectivity index (χ3v) is 2.92. The number of carbonyl (C=O) groups is 1. The minimum atomic E-state index is -6.66. The Labute approximate surface area is 145 Å². The van der Waals surface area contributed by atoms with Crippen molar-refractivity contribution in [1.82, 2.24) is 0 Å². The molecule has 12 heteroatoms. The van der Waals surface area contributed by atoms with Gasteiger partial charge in [0, 0.05) is 6.21 Å².